The normalized spacial score (nSPS) is 22.2. The van der Waals surface area contributed by atoms with Crippen LogP contribution in [0.2, 0.25) is 0 Å². The highest BCUT2D eigenvalue weighted by Gasteiger charge is 2.50. The lowest BCUT2D eigenvalue weighted by Crippen LogP contribution is -2.46. The van der Waals surface area contributed by atoms with E-state index in [0.717, 1.165) is 35.4 Å². The average Bonchev–Trinajstić information content (AvgIpc) is 3.64. The molecule has 0 saturated carbocycles. The molecular weight excluding hydrogens is 835 g/mol. The van der Waals surface area contributed by atoms with E-state index in [9.17, 15) is 63.0 Å². The number of hydrogen-bond donors (Lipinski definition) is 10. The molecule has 0 radical (unpaired) electrons. The van der Waals surface area contributed by atoms with Crippen LogP contribution in [0.1, 0.15) is 52.7 Å². The number of phosphoric ester groups is 3. The zero-order valence-electron chi connectivity index (χ0n) is 30.2. The standard InChI is InChI=1S/C27H46N7O18P3S/c1-4-5-15(35)10-18(37)56-9-8-29-17(36)6-7-30-25(40)22(39)27(2,3)12-49-55(46,47)52-54(44,45)48-11-16-21(51-53(41,42)43)20(38)26(50-16)34-14-33-19-23(28)31-13-32-24(19)34/h13-16,20-22,26,35,38-39H,4-12H2,1-3H3,(H,29,36)(H,30,40)(H,44,45)(H,46,47)(H2,28,31,32)(H2,41,42,43)/t15-,16+,20-,21?,22-,26+/m0/s1. The first kappa shape index (κ1) is 47.9. The van der Waals surface area contributed by atoms with Crippen molar-refractivity contribution in [2.45, 2.75) is 83.2 Å². The van der Waals surface area contributed by atoms with Gasteiger partial charge in [0.05, 0.1) is 25.6 Å². The monoisotopic (exact) mass is 881 g/mol. The quantitative estimate of drug-likeness (QED) is 0.0483. The molecule has 1 fully saturated rings. The van der Waals surface area contributed by atoms with E-state index in [1.165, 1.54) is 13.8 Å². The summed E-state index contributed by atoms with van der Waals surface area (Å²) in [7, 11) is -16.4. The summed E-state index contributed by atoms with van der Waals surface area (Å²) in [6.45, 7) is 2.26. The Hall–Kier alpha value is -2.48. The number of imidazole rings is 1. The number of thioether (sulfide) groups is 1. The molecule has 2 aromatic rings. The van der Waals surface area contributed by atoms with Crippen LogP contribution in [0.15, 0.2) is 12.7 Å². The predicted octanol–water partition coefficient (Wildman–Crippen LogP) is -0.784. The number of hydrogen-bond acceptors (Lipinski definition) is 19. The van der Waals surface area contributed by atoms with Crippen molar-refractivity contribution >= 4 is 69.1 Å². The number of phosphoric acid groups is 3. The average molecular weight is 882 g/mol. The van der Waals surface area contributed by atoms with Gasteiger partial charge in [0.25, 0.3) is 0 Å². The fraction of sp³-hybridized carbons (Fsp3) is 0.704. The van der Waals surface area contributed by atoms with Gasteiger partial charge in [-0.05, 0) is 6.42 Å². The predicted molar refractivity (Wildman–Crippen MR) is 193 cm³/mol. The van der Waals surface area contributed by atoms with Gasteiger partial charge in [0.1, 0.15) is 36.3 Å². The first-order valence-electron chi connectivity index (χ1n) is 16.7. The van der Waals surface area contributed by atoms with E-state index in [-0.39, 0.29) is 53.8 Å². The van der Waals surface area contributed by atoms with Crippen LogP contribution in [0, 0.1) is 5.41 Å². The number of aliphatic hydroxyl groups excluding tert-OH is 3. The molecule has 0 aromatic carbocycles. The first-order valence-corrected chi connectivity index (χ1v) is 22.2. The Morgan fingerprint density at radius 2 is 1.73 bits per heavy atom. The number of ether oxygens (including phenoxy) is 1. The molecule has 1 saturated heterocycles. The summed E-state index contributed by atoms with van der Waals surface area (Å²) in [6.07, 6.45) is -6.45. The second-order valence-electron chi connectivity index (χ2n) is 12.9. The van der Waals surface area contributed by atoms with Crippen molar-refractivity contribution in [3.8, 4) is 0 Å². The third-order valence-electron chi connectivity index (χ3n) is 7.79. The van der Waals surface area contributed by atoms with Crippen molar-refractivity contribution in [2.24, 2.45) is 5.41 Å². The van der Waals surface area contributed by atoms with E-state index in [4.69, 9.17) is 19.5 Å². The maximum atomic E-state index is 12.7. The van der Waals surface area contributed by atoms with E-state index >= 15 is 0 Å². The molecule has 0 bridgehead atoms. The number of aromatic nitrogens is 4. The summed E-state index contributed by atoms with van der Waals surface area (Å²) in [6, 6.07) is 0. The van der Waals surface area contributed by atoms with Crippen LogP contribution < -0.4 is 16.4 Å². The number of nitrogen functional groups attached to an aromatic ring is 1. The summed E-state index contributed by atoms with van der Waals surface area (Å²) in [5.74, 6) is -1.24. The number of fused-ring (bicyclic) bond motifs is 1. The van der Waals surface area contributed by atoms with Gasteiger partial charge < -0.3 is 56.0 Å². The maximum absolute atomic E-state index is 12.7. The van der Waals surface area contributed by atoms with E-state index in [1.807, 2.05) is 6.92 Å². The van der Waals surface area contributed by atoms with Crippen LogP contribution in [-0.4, -0.2) is 134 Å². The van der Waals surface area contributed by atoms with Gasteiger partial charge in [-0.25, -0.2) is 28.6 Å². The molecule has 29 heteroatoms. The number of rotatable bonds is 23. The summed E-state index contributed by atoms with van der Waals surface area (Å²) >= 11 is 0.964. The van der Waals surface area contributed by atoms with Crippen molar-refractivity contribution in [1.82, 2.24) is 30.2 Å². The van der Waals surface area contributed by atoms with Gasteiger partial charge in [0.15, 0.2) is 22.8 Å². The fourth-order valence-electron chi connectivity index (χ4n) is 4.98. The minimum absolute atomic E-state index is 0.00827. The Morgan fingerprint density at radius 1 is 1.05 bits per heavy atom. The Balaban J connectivity index is 1.48. The lowest BCUT2D eigenvalue weighted by Gasteiger charge is -2.30. The van der Waals surface area contributed by atoms with Gasteiger partial charge in [-0.15, -0.1) is 0 Å². The second kappa shape index (κ2) is 20.5. The van der Waals surface area contributed by atoms with Gasteiger partial charge in [0, 0.05) is 37.1 Å². The van der Waals surface area contributed by atoms with Gasteiger partial charge in [-0.2, -0.15) is 4.31 Å². The molecule has 3 heterocycles. The van der Waals surface area contributed by atoms with E-state index in [1.54, 1.807) is 0 Å². The first-order chi connectivity index (χ1) is 25.9. The van der Waals surface area contributed by atoms with Crippen molar-refractivity contribution in [3.05, 3.63) is 12.7 Å². The Morgan fingerprint density at radius 3 is 2.39 bits per heavy atom. The molecule has 1 aliphatic heterocycles. The Bertz CT molecular complexity index is 1820. The van der Waals surface area contributed by atoms with Crippen LogP contribution >= 0.6 is 35.2 Å². The molecule has 8 atom stereocenters. The Kier molecular flexibility index (Phi) is 17.5. The summed E-state index contributed by atoms with van der Waals surface area (Å²) in [5.41, 5.74) is 4.24. The topological polar surface area (TPSA) is 384 Å². The largest absolute Gasteiger partial charge is 0.481 e. The van der Waals surface area contributed by atoms with Crippen molar-refractivity contribution < 1.29 is 85.6 Å². The van der Waals surface area contributed by atoms with Gasteiger partial charge in [-0.3, -0.25) is 32.5 Å². The molecule has 0 aliphatic carbocycles. The summed E-state index contributed by atoms with van der Waals surface area (Å²) < 4.78 is 62.0. The zero-order chi connectivity index (χ0) is 42.1. The van der Waals surface area contributed by atoms with Gasteiger partial charge in [-0.1, -0.05) is 39.0 Å². The molecule has 2 aromatic heterocycles. The number of anilines is 1. The molecular formula is C27H46N7O18P3S. The number of carbonyl (C=O) groups excluding carboxylic acids is 3. The van der Waals surface area contributed by atoms with Crippen LogP contribution in [0.3, 0.4) is 0 Å². The summed E-state index contributed by atoms with van der Waals surface area (Å²) in [5, 5.41) is 35.8. The highest BCUT2D eigenvalue weighted by atomic mass is 32.2. The lowest BCUT2D eigenvalue weighted by atomic mass is 9.87. The van der Waals surface area contributed by atoms with E-state index in [0.29, 0.717) is 6.42 Å². The van der Waals surface area contributed by atoms with E-state index < -0.39 is 90.7 Å². The van der Waals surface area contributed by atoms with Gasteiger partial charge in [0.2, 0.25) is 11.8 Å². The van der Waals surface area contributed by atoms with E-state index in [2.05, 4.69) is 34.4 Å². The molecule has 11 N–H and O–H groups in total. The molecule has 2 amide bonds. The molecule has 25 nitrogen and oxygen atoms in total. The Labute approximate surface area is 323 Å². The molecule has 3 unspecified atom stereocenters. The lowest BCUT2D eigenvalue weighted by molar-refractivity contribution is -0.137. The van der Waals surface area contributed by atoms with Crippen molar-refractivity contribution in [3.63, 3.8) is 0 Å². The minimum atomic E-state index is -5.58. The third-order valence-corrected chi connectivity index (χ3v) is 11.8. The fourth-order valence-corrected chi connectivity index (χ4v) is 8.55. The number of amides is 2. The van der Waals surface area contributed by atoms with Crippen LogP contribution in [0.4, 0.5) is 5.82 Å². The number of nitrogens with zero attached hydrogens (tertiary/aromatic N) is 4. The minimum Gasteiger partial charge on any atom is -0.393 e. The number of nitrogens with one attached hydrogen (secondary N) is 2. The number of aliphatic hydroxyl groups is 3. The molecule has 0 spiro atoms. The molecule has 1 aliphatic rings. The van der Waals surface area contributed by atoms with Crippen molar-refractivity contribution in [2.75, 3.05) is 37.8 Å². The second-order valence-corrected chi connectivity index (χ2v) is 18.3. The van der Waals surface area contributed by atoms with Crippen molar-refractivity contribution in [1.29, 1.82) is 0 Å². The number of carbonyl (C=O) groups is 3. The van der Waals surface area contributed by atoms with Crippen LogP contribution in [0.5, 0.6) is 0 Å². The highest BCUT2D eigenvalue weighted by molar-refractivity contribution is 8.13. The number of nitrogens with two attached hydrogens (primary N) is 1. The highest BCUT2D eigenvalue weighted by Crippen LogP contribution is 2.61. The smallest absolute Gasteiger partial charge is 0.393 e. The summed E-state index contributed by atoms with van der Waals surface area (Å²) in [4.78, 5) is 87.3. The van der Waals surface area contributed by atoms with Gasteiger partial charge >= 0.3 is 23.5 Å². The SMILES string of the molecule is CCC[C@H](O)CC(=O)SCCNC(=O)CCNC(=O)[C@H](O)C(C)(C)COP(=O)(O)OP(=O)(O)OC[C@H]1O[C@@H](n2cnc3c(N)ncnc32)[C@@H](O)C1OP(=O)(O)O. The molecule has 318 valence electrons. The maximum Gasteiger partial charge on any atom is 0.481 e. The molecule has 3 rings (SSSR count). The molecule has 56 heavy (non-hydrogen) atoms. The third kappa shape index (κ3) is 14.7. The van der Waals surface area contributed by atoms with Crippen LogP contribution in [-0.2, 0) is 50.7 Å². The van der Waals surface area contributed by atoms with Crippen LogP contribution in [0.25, 0.3) is 11.2 Å². The zero-order valence-corrected chi connectivity index (χ0v) is 33.7.